The van der Waals surface area contributed by atoms with E-state index in [0.717, 1.165) is 11.1 Å². The third-order valence-corrected chi connectivity index (χ3v) is 4.67. The van der Waals surface area contributed by atoms with Gasteiger partial charge < -0.3 is 5.84 Å². The summed E-state index contributed by atoms with van der Waals surface area (Å²) in [5, 5.41) is 9.10. The molecule has 0 aliphatic rings. The molecule has 7 heteroatoms. The zero-order chi connectivity index (χ0) is 16.4. The molecule has 0 atom stereocenters. The van der Waals surface area contributed by atoms with E-state index in [1.165, 1.54) is 22.5 Å². The summed E-state index contributed by atoms with van der Waals surface area (Å²) < 4.78 is 15.2. The first-order valence-corrected chi connectivity index (χ1v) is 8.26. The maximum atomic E-state index is 13.8. The zero-order valence-electron chi connectivity index (χ0n) is 12.3. The van der Waals surface area contributed by atoms with Crippen LogP contribution in [0.3, 0.4) is 0 Å². The Morgan fingerprint density at radius 1 is 1.22 bits per heavy atom. The molecule has 4 nitrogen and oxygen atoms in total. The van der Waals surface area contributed by atoms with E-state index in [4.69, 9.17) is 17.4 Å². The summed E-state index contributed by atoms with van der Waals surface area (Å²) in [7, 11) is 0. The van der Waals surface area contributed by atoms with Crippen molar-refractivity contribution in [3.63, 3.8) is 0 Å². The first kappa shape index (κ1) is 15.8. The second-order valence-electron chi connectivity index (χ2n) is 5.03. The highest BCUT2D eigenvalue weighted by atomic mass is 35.5. The molecule has 118 valence electrons. The van der Waals surface area contributed by atoms with Crippen LogP contribution in [0.5, 0.6) is 0 Å². The van der Waals surface area contributed by atoms with Gasteiger partial charge in [0.2, 0.25) is 5.16 Å². The summed E-state index contributed by atoms with van der Waals surface area (Å²) in [6.07, 6.45) is 0. The van der Waals surface area contributed by atoms with E-state index in [1.54, 1.807) is 12.1 Å². The number of rotatable bonds is 4. The van der Waals surface area contributed by atoms with Crippen LogP contribution in [-0.2, 0) is 5.75 Å². The second kappa shape index (κ2) is 6.60. The van der Waals surface area contributed by atoms with Crippen molar-refractivity contribution in [2.45, 2.75) is 17.8 Å². The van der Waals surface area contributed by atoms with E-state index >= 15 is 0 Å². The van der Waals surface area contributed by atoms with Crippen LogP contribution in [0.1, 0.15) is 11.1 Å². The Balaban J connectivity index is 1.83. The summed E-state index contributed by atoms with van der Waals surface area (Å²) in [5.41, 5.74) is 2.42. The average Bonchev–Trinajstić information content (AvgIpc) is 2.88. The van der Waals surface area contributed by atoms with Gasteiger partial charge >= 0.3 is 0 Å². The molecule has 0 aliphatic heterocycles. The number of nitrogen functional groups attached to an aromatic ring is 1. The number of aryl methyl sites for hydroxylation is 1. The summed E-state index contributed by atoms with van der Waals surface area (Å²) in [5.74, 6) is 6.62. The van der Waals surface area contributed by atoms with E-state index in [2.05, 4.69) is 10.2 Å². The van der Waals surface area contributed by atoms with Crippen LogP contribution in [0.25, 0.3) is 11.4 Å². The molecule has 0 saturated carbocycles. The Hall–Kier alpha value is -2.05. The normalized spacial score (nSPS) is 10.9. The highest BCUT2D eigenvalue weighted by Crippen LogP contribution is 2.28. The molecular formula is C16H14ClFN4S. The Labute approximate surface area is 142 Å². The van der Waals surface area contributed by atoms with Crippen molar-refractivity contribution in [1.29, 1.82) is 0 Å². The summed E-state index contributed by atoms with van der Waals surface area (Å²) >= 11 is 7.31. The minimum atomic E-state index is -0.341. The van der Waals surface area contributed by atoms with Gasteiger partial charge in [0, 0.05) is 21.9 Å². The molecule has 0 spiro atoms. The Bertz CT molecular complexity index is 830. The number of thioether (sulfide) groups is 1. The van der Waals surface area contributed by atoms with E-state index in [9.17, 15) is 4.39 Å². The SMILES string of the molecule is Cc1cccc(-c2nnc(SCc3c(F)cccc3Cl)n2N)c1. The number of nitrogens with zero attached hydrogens (tertiary/aromatic N) is 3. The van der Waals surface area contributed by atoms with Crippen molar-refractivity contribution in [3.05, 3.63) is 64.4 Å². The maximum Gasteiger partial charge on any atom is 0.210 e. The fraction of sp³-hybridized carbons (Fsp3) is 0.125. The highest BCUT2D eigenvalue weighted by molar-refractivity contribution is 7.98. The fourth-order valence-electron chi connectivity index (χ4n) is 2.16. The number of hydrogen-bond donors (Lipinski definition) is 1. The molecule has 0 amide bonds. The van der Waals surface area contributed by atoms with Gasteiger partial charge in [-0.2, -0.15) is 0 Å². The molecule has 0 aliphatic carbocycles. The molecule has 0 unspecified atom stereocenters. The smallest absolute Gasteiger partial charge is 0.210 e. The molecule has 0 bridgehead atoms. The first-order valence-electron chi connectivity index (χ1n) is 6.89. The maximum absolute atomic E-state index is 13.8. The minimum absolute atomic E-state index is 0.328. The van der Waals surface area contributed by atoms with Crippen molar-refractivity contribution in [1.82, 2.24) is 14.9 Å². The van der Waals surface area contributed by atoms with Gasteiger partial charge in [0.25, 0.3) is 0 Å². The summed E-state index contributed by atoms with van der Waals surface area (Å²) in [6.45, 7) is 2.00. The van der Waals surface area contributed by atoms with Gasteiger partial charge in [0.05, 0.1) is 0 Å². The van der Waals surface area contributed by atoms with E-state index in [-0.39, 0.29) is 5.82 Å². The van der Waals surface area contributed by atoms with Gasteiger partial charge in [0.1, 0.15) is 5.82 Å². The third-order valence-electron chi connectivity index (χ3n) is 3.35. The predicted molar refractivity (Wildman–Crippen MR) is 91.3 cm³/mol. The first-order chi connectivity index (χ1) is 11.1. The van der Waals surface area contributed by atoms with Crippen LogP contribution >= 0.6 is 23.4 Å². The molecule has 23 heavy (non-hydrogen) atoms. The lowest BCUT2D eigenvalue weighted by atomic mass is 10.1. The van der Waals surface area contributed by atoms with Gasteiger partial charge in [-0.1, -0.05) is 53.2 Å². The number of hydrogen-bond acceptors (Lipinski definition) is 4. The van der Waals surface area contributed by atoms with Crippen molar-refractivity contribution >= 4 is 23.4 Å². The van der Waals surface area contributed by atoms with E-state index < -0.39 is 0 Å². The number of halogens is 2. The molecule has 0 saturated heterocycles. The Morgan fingerprint density at radius 3 is 2.74 bits per heavy atom. The molecule has 1 aromatic heterocycles. The van der Waals surface area contributed by atoms with Crippen LogP contribution in [0.4, 0.5) is 4.39 Å². The van der Waals surface area contributed by atoms with Gasteiger partial charge in [0.15, 0.2) is 5.82 Å². The van der Waals surface area contributed by atoms with Gasteiger partial charge in [-0.25, -0.2) is 9.07 Å². The largest absolute Gasteiger partial charge is 0.335 e. The topological polar surface area (TPSA) is 56.7 Å². The monoisotopic (exact) mass is 348 g/mol. The fourth-order valence-corrected chi connectivity index (χ4v) is 3.36. The molecule has 3 rings (SSSR count). The molecule has 1 heterocycles. The van der Waals surface area contributed by atoms with Crippen molar-refractivity contribution in [2.75, 3.05) is 5.84 Å². The van der Waals surface area contributed by atoms with Crippen LogP contribution in [-0.4, -0.2) is 14.9 Å². The Kier molecular flexibility index (Phi) is 4.54. The lowest BCUT2D eigenvalue weighted by molar-refractivity contribution is 0.617. The van der Waals surface area contributed by atoms with E-state index in [0.29, 0.717) is 27.3 Å². The molecule has 3 aromatic rings. The van der Waals surface area contributed by atoms with Crippen molar-refractivity contribution in [2.24, 2.45) is 0 Å². The average molecular weight is 349 g/mol. The summed E-state index contributed by atoms with van der Waals surface area (Å²) in [4.78, 5) is 0. The van der Waals surface area contributed by atoms with Gasteiger partial charge in [-0.3, -0.25) is 0 Å². The number of nitrogens with two attached hydrogens (primary N) is 1. The molecule has 2 N–H and O–H groups in total. The van der Waals surface area contributed by atoms with Crippen molar-refractivity contribution in [3.8, 4) is 11.4 Å². The van der Waals surface area contributed by atoms with Gasteiger partial charge in [-0.15, -0.1) is 10.2 Å². The van der Waals surface area contributed by atoms with Crippen LogP contribution < -0.4 is 5.84 Å². The third kappa shape index (κ3) is 3.33. The second-order valence-corrected chi connectivity index (χ2v) is 6.38. The standard InChI is InChI=1S/C16H14ClFN4S/c1-10-4-2-5-11(8-10)15-20-21-16(22(15)19)23-9-12-13(17)6-3-7-14(12)18/h2-8H,9,19H2,1H3. The number of benzene rings is 2. The van der Waals surface area contributed by atoms with Crippen LogP contribution in [0.2, 0.25) is 5.02 Å². The molecule has 0 radical (unpaired) electrons. The number of aromatic nitrogens is 3. The lowest BCUT2D eigenvalue weighted by Crippen LogP contribution is -2.11. The predicted octanol–water partition coefficient (Wildman–Crippen LogP) is 4.05. The Morgan fingerprint density at radius 2 is 2.00 bits per heavy atom. The molecule has 0 fully saturated rings. The summed E-state index contributed by atoms with van der Waals surface area (Å²) in [6, 6.07) is 12.5. The van der Waals surface area contributed by atoms with E-state index in [1.807, 2.05) is 31.2 Å². The zero-order valence-corrected chi connectivity index (χ0v) is 13.9. The van der Waals surface area contributed by atoms with Crippen molar-refractivity contribution < 1.29 is 4.39 Å². The van der Waals surface area contributed by atoms with Crippen LogP contribution in [0, 0.1) is 12.7 Å². The lowest BCUT2D eigenvalue weighted by Gasteiger charge is -2.06. The highest BCUT2D eigenvalue weighted by Gasteiger charge is 2.14. The minimum Gasteiger partial charge on any atom is -0.335 e. The van der Waals surface area contributed by atoms with Gasteiger partial charge in [-0.05, 0) is 25.1 Å². The van der Waals surface area contributed by atoms with Crippen LogP contribution in [0.15, 0.2) is 47.6 Å². The molecular weight excluding hydrogens is 335 g/mol. The molecule has 2 aromatic carbocycles. The quantitative estimate of drug-likeness (QED) is 0.570.